The Labute approximate surface area is 95.1 Å². The summed E-state index contributed by atoms with van der Waals surface area (Å²) in [4.78, 5) is 18.4. The van der Waals surface area contributed by atoms with Gasteiger partial charge in [-0.25, -0.2) is 15.0 Å². The maximum atomic E-state index is 4.32. The van der Waals surface area contributed by atoms with Crippen LogP contribution in [0, 0.1) is 0 Å². The maximum absolute atomic E-state index is 4.32. The fourth-order valence-electron chi connectivity index (χ4n) is 1.90. The maximum Gasteiger partial charge on any atom is 0.182 e. The van der Waals surface area contributed by atoms with Crippen molar-refractivity contribution in [2.75, 3.05) is 18.0 Å². The summed E-state index contributed by atoms with van der Waals surface area (Å²) >= 11 is 3.62. The van der Waals surface area contributed by atoms with Crippen molar-refractivity contribution in [1.82, 2.24) is 19.9 Å². The van der Waals surface area contributed by atoms with Gasteiger partial charge in [0.05, 0.1) is 6.33 Å². The number of rotatable bonds is 1. The molecule has 78 valence electrons. The van der Waals surface area contributed by atoms with Crippen molar-refractivity contribution in [3.8, 4) is 0 Å². The van der Waals surface area contributed by atoms with Gasteiger partial charge in [-0.1, -0.05) is 15.9 Å². The van der Waals surface area contributed by atoms with Crippen molar-refractivity contribution >= 4 is 32.9 Å². The number of hydrogen-bond acceptors (Lipinski definition) is 4. The van der Waals surface area contributed by atoms with E-state index in [-0.39, 0.29) is 0 Å². The number of nitrogens with zero attached hydrogens (tertiary/aromatic N) is 4. The molecule has 3 rings (SSSR count). The minimum Gasteiger partial charge on any atom is -0.354 e. The summed E-state index contributed by atoms with van der Waals surface area (Å²) in [6.07, 6.45) is 4.38. The van der Waals surface area contributed by atoms with Crippen molar-refractivity contribution < 1.29 is 0 Å². The molecule has 0 spiro atoms. The summed E-state index contributed by atoms with van der Waals surface area (Å²) in [7, 11) is 0. The van der Waals surface area contributed by atoms with Crippen molar-refractivity contribution in [1.29, 1.82) is 0 Å². The Bertz CT molecular complexity index is 482. The van der Waals surface area contributed by atoms with E-state index in [1.54, 1.807) is 12.7 Å². The number of anilines is 1. The van der Waals surface area contributed by atoms with Crippen LogP contribution in [0.4, 0.5) is 5.82 Å². The summed E-state index contributed by atoms with van der Waals surface area (Å²) in [6.45, 7) is 2.02. The fourth-order valence-corrected chi connectivity index (χ4v) is 2.46. The standard InChI is InChI=1S/C9H10BrN5/c10-6-1-2-15(3-6)9-7-8(12-4-11-7)13-5-14-9/h4-6H,1-3H2,(H,11,12,13,14). The van der Waals surface area contributed by atoms with E-state index >= 15 is 0 Å². The first kappa shape index (κ1) is 9.08. The molecule has 1 N–H and O–H groups in total. The van der Waals surface area contributed by atoms with Crippen LogP contribution < -0.4 is 4.90 Å². The van der Waals surface area contributed by atoms with Crippen molar-refractivity contribution in [3.63, 3.8) is 0 Å². The Morgan fingerprint density at radius 1 is 1.40 bits per heavy atom. The Hall–Kier alpha value is -1.17. The highest BCUT2D eigenvalue weighted by molar-refractivity contribution is 9.09. The minimum atomic E-state index is 0.561. The van der Waals surface area contributed by atoms with E-state index < -0.39 is 0 Å². The first-order valence-corrected chi connectivity index (χ1v) is 5.79. The number of imidazole rings is 1. The Morgan fingerprint density at radius 2 is 2.33 bits per heavy atom. The number of aromatic amines is 1. The average Bonchev–Trinajstić information content (AvgIpc) is 2.84. The van der Waals surface area contributed by atoms with Crippen LogP contribution in [0.5, 0.6) is 0 Å². The molecule has 0 radical (unpaired) electrons. The van der Waals surface area contributed by atoms with Crippen LogP contribution in [0.3, 0.4) is 0 Å². The smallest absolute Gasteiger partial charge is 0.182 e. The number of hydrogen-bond donors (Lipinski definition) is 1. The number of fused-ring (bicyclic) bond motifs is 1. The normalized spacial score (nSPS) is 21.4. The zero-order chi connectivity index (χ0) is 10.3. The highest BCUT2D eigenvalue weighted by Crippen LogP contribution is 2.25. The van der Waals surface area contributed by atoms with Crippen LogP contribution in [0.25, 0.3) is 11.2 Å². The molecule has 0 aliphatic carbocycles. The van der Waals surface area contributed by atoms with Gasteiger partial charge >= 0.3 is 0 Å². The molecule has 6 heteroatoms. The fraction of sp³-hybridized carbons (Fsp3) is 0.444. The third kappa shape index (κ3) is 1.49. The van der Waals surface area contributed by atoms with E-state index in [0.29, 0.717) is 4.83 Å². The Balaban J connectivity index is 2.06. The highest BCUT2D eigenvalue weighted by Gasteiger charge is 2.23. The van der Waals surface area contributed by atoms with Crippen molar-refractivity contribution in [2.45, 2.75) is 11.2 Å². The Kier molecular flexibility index (Phi) is 2.09. The predicted molar refractivity (Wildman–Crippen MR) is 61.2 cm³/mol. The predicted octanol–water partition coefficient (Wildman–Crippen LogP) is 1.33. The zero-order valence-corrected chi connectivity index (χ0v) is 9.61. The zero-order valence-electron chi connectivity index (χ0n) is 8.02. The molecule has 2 aromatic rings. The second-order valence-corrected chi connectivity index (χ2v) is 4.93. The van der Waals surface area contributed by atoms with Gasteiger partial charge in [-0.05, 0) is 6.42 Å². The van der Waals surface area contributed by atoms with Gasteiger partial charge in [0.2, 0.25) is 0 Å². The number of alkyl halides is 1. The molecule has 2 aromatic heterocycles. The molecule has 1 fully saturated rings. The molecule has 3 heterocycles. The number of halogens is 1. The van der Waals surface area contributed by atoms with Crippen LogP contribution in [0.2, 0.25) is 0 Å². The molecule has 1 unspecified atom stereocenters. The number of nitrogens with one attached hydrogen (secondary N) is 1. The second-order valence-electron chi connectivity index (χ2n) is 3.63. The molecule has 1 aliphatic heterocycles. The van der Waals surface area contributed by atoms with E-state index in [1.807, 2.05) is 0 Å². The van der Waals surface area contributed by atoms with Gasteiger partial charge in [-0.15, -0.1) is 0 Å². The lowest BCUT2D eigenvalue weighted by Crippen LogP contribution is -2.21. The number of H-pyrrole nitrogens is 1. The van der Waals surface area contributed by atoms with Gasteiger partial charge in [0.15, 0.2) is 11.5 Å². The molecule has 15 heavy (non-hydrogen) atoms. The van der Waals surface area contributed by atoms with Crippen molar-refractivity contribution in [2.24, 2.45) is 0 Å². The molecule has 5 nitrogen and oxygen atoms in total. The SMILES string of the molecule is BrC1CCN(c2ncnc3nc[nH]c23)C1. The number of aromatic nitrogens is 4. The molecular weight excluding hydrogens is 258 g/mol. The topological polar surface area (TPSA) is 57.7 Å². The van der Waals surface area contributed by atoms with Gasteiger partial charge in [-0.3, -0.25) is 0 Å². The molecule has 1 atom stereocenters. The highest BCUT2D eigenvalue weighted by atomic mass is 79.9. The Morgan fingerprint density at radius 3 is 3.13 bits per heavy atom. The van der Waals surface area contributed by atoms with Gasteiger partial charge in [-0.2, -0.15) is 0 Å². The quantitative estimate of drug-likeness (QED) is 0.793. The summed E-state index contributed by atoms with van der Waals surface area (Å²) in [6, 6.07) is 0. The van der Waals surface area contributed by atoms with Crippen LogP contribution in [-0.2, 0) is 0 Å². The van der Waals surface area contributed by atoms with E-state index in [4.69, 9.17) is 0 Å². The molecular formula is C9H10BrN5. The third-order valence-electron chi connectivity index (χ3n) is 2.63. The lowest BCUT2D eigenvalue weighted by Gasteiger charge is -2.16. The molecule has 0 saturated carbocycles. The van der Waals surface area contributed by atoms with Crippen LogP contribution in [0.1, 0.15) is 6.42 Å². The lowest BCUT2D eigenvalue weighted by atomic mass is 10.4. The van der Waals surface area contributed by atoms with E-state index in [1.165, 1.54) is 0 Å². The largest absolute Gasteiger partial charge is 0.354 e. The summed E-state index contributed by atoms with van der Waals surface area (Å²) in [5.74, 6) is 0.958. The van der Waals surface area contributed by atoms with Gasteiger partial charge in [0.25, 0.3) is 0 Å². The van der Waals surface area contributed by atoms with Crippen LogP contribution in [0.15, 0.2) is 12.7 Å². The lowest BCUT2D eigenvalue weighted by molar-refractivity contribution is 0.937. The monoisotopic (exact) mass is 267 g/mol. The van der Waals surface area contributed by atoms with Crippen molar-refractivity contribution in [3.05, 3.63) is 12.7 Å². The minimum absolute atomic E-state index is 0.561. The molecule has 1 aliphatic rings. The van der Waals surface area contributed by atoms with Gasteiger partial charge in [0.1, 0.15) is 11.8 Å². The average molecular weight is 268 g/mol. The molecule has 0 aromatic carbocycles. The van der Waals surface area contributed by atoms with E-state index in [9.17, 15) is 0 Å². The van der Waals surface area contributed by atoms with E-state index in [0.717, 1.165) is 36.5 Å². The molecule has 1 saturated heterocycles. The third-order valence-corrected chi connectivity index (χ3v) is 3.38. The summed E-state index contributed by atoms with van der Waals surface area (Å²) in [5, 5.41) is 0. The molecule has 0 bridgehead atoms. The first-order chi connectivity index (χ1) is 7.34. The first-order valence-electron chi connectivity index (χ1n) is 4.87. The second kappa shape index (κ2) is 3.44. The molecule has 0 amide bonds. The van der Waals surface area contributed by atoms with E-state index in [2.05, 4.69) is 40.8 Å². The summed E-state index contributed by atoms with van der Waals surface area (Å²) < 4.78 is 0. The summed E-state index contributed by atoms with van der Waals surface area (Å²) in [5.41, 5.74) is 1.66. The van der Waals surface area contributed by atoms with Gasteiger partial charge in [0, 0.05) is 17.9 Å². The van der Waals surface area contributed by atoms with Crippen LogP contribution >= 0.6 is 15.9 Å². The van der Waals surface area contributed by atoms with Crippen LogP contribution in [-0.4, -0.2) is 37.9 Å². The van der Waals surface area contributed by atoms with Gasteiger partial charge < -0.3 is 9.88 Å².